The standard InChI is InChI=1S/C14H14BrN5O.C13H17F2NO/c1-14(2,8-16)11-10(15)12(18-13(17)21)20(19-11)9-6-4-3-5-7-9;1-17-7-6-16-5-4-11(9-16)10-2-3-12(14)13(15)8-10/h3-7H,1-2H3,(H3,17,18,21);2-3,8,11H,4-7,9H2,1H3. The molecule has 1 aliphatic heterocycles. The van der Waals surface area contributed by atoms with Crippen molar-refractivity contribution in [3.8, 4) is 11.8 Å². The summed E-state index contributed by atoms with van der Waals surface area (Å²) in [5.74, 6) is -0.824. The van der Waals surface area contributed by atoms with Crippen LogP contribution in [-0.4, -0.2) is 54.1 Å². The first kappa shape index (κ1) is 29.2. The number of halogens is 3. The van der Waals surface area contributed by atoms with Crippen LogP contribution in [-0.2, 0) is 10.2 Å². The number of nitrogens with two attached hydrogens (primary N) is 1. The van der Waals surface area contributed by atoms with Crippen LogP contribution >= 0.6 is 15.9 Å². The van der Waals surface area contributed by atoms with Crippen LogP contribution in [0, 0.1) is 23.0 Å². The average molecular weight is 589 g/mol. The number of aromatic nitrogens is 2. The molecule has 0 bridgehead atoms. The van der Waals surface area contributed by atoms with Gasteiger partial charge in [0.2, 0.25) is 0 Å². The molecule has 11 heteroatoms. The molecule has 1 saturated heterocycles. The number of carbonyl (C=O) groups excluding carboxylic acids is 1. The number of nitriles is 1. The summed E-state index contributed by atoms with van der Waals surface area (Å²) in [7, 11) is 1.68. The number of rotatable bonds is 7. The van der Waals surface area contributed by atoms with Gasteiger partial charge in [-0.2, -0.15) is 10.4 Å². The summed E-state index contributed by atoms with van der Waals surface area (Å²) >= 11 is 3.40. The van der Waals surface area contributed by atoms with E-state index in [2.05, 4.69) is 37.3 Å². The van der Waals surface area contributed by atoms with E-state index in [4.69, 9.17) is 10.5 Å². The van der Waals surface area contributed by atoms with Crippen molar-refractivity contribution in [1.82, 2.24) is 14.7 Å². The first-order chi connectivity index (χ1) is 18.1. The Kier molecular flexibility index (Phi) is 9.96. The van der Waals surface area contributed by atoms with E-state index in [0.717, 1.165) is 37.3 Å². The topological polar surface area (TPSA) is 109 Å². The Morgan fingerprint density at radius 2 is 1.97 bits per heavy atom. The molecule has 1 unspecified atom stereocenters. The molecule has 0 saturated carbocycles. The molecule has 1 aliphatic rings. The second-order valence-electron chi connectivity index (χ2n) is 9.44. The molecule has 8 nitrogen and oxygen atoms in total. The summed E-state index contributed by atoms with van der Waals surface area (Å²) < 4.78 is 33.1. The van der Waals surface area contributed by atoms with Gasteiger partial charge >= 0.3 is 6.03 Å². The van der Waals surface area contributed by atoms with Gasteiger partial charge < -0.3 is 15.4 Å². The van der Waals surface area contributed by atoms with Crippen LogP contribution < -0.4 is 11.1 Å². The van der Waals surface area contributed by atoms with Gasteiger partial charge in [-0.3, -0.25) is 5.32 Å². The van der Waals surface area contributed by atoms with E-state index in [1.165, 1.54) is 12.1 Å². The number of carbonyl (C=O) groups is 1. The summed E-state index contributed by atoms with van der Waals surface area (Å²) in [5.41, 5.74) is 6.57. The van der Waals surface area contributed by atoms with Crippen molar-refractivity contribution in [2.75, 3.05) is 38.7 Å². The molecule has 0 spiro atoms. The number of benzene rings is 2. The molecular formula is C27H31BrF2N6O2. The Labute approximate surface area is 229 Å². The van der Waals surface area contributed by atoms with E-state index in [0.29, 0.717) is 28.5 Å². The van der Waals surface area contributed by atoms with Crippen LogP contribution in [0.2, 0.25) is 0 Å². The Morgan fingerprint density at radius 1 is 1.26 bits per heavy atom. The SMILES string of the molecule is CC(C)(C#N)c1nn(-c2ccccc2)c(NC(N)=O)c1Br.COCCN1CCC(c2ccc(F)c(F)c2)C1. The van der Waals surface area contributed by atoms with E-state index < -0.39 is 23.1 Å². The molecule has 0 radical (unpaired) electrons. The van der Waals surface area contributed by atoms with Crippen molar-refractivity contribution in [2.45, 2.75) is 31.6 Å². The molecule has 38 heavy (non-hydrogen) atoms. The Morgan fingerprint density at radius 3 is 2.58 bits per heavy atom. The van der Waals surface area contributed by atoms with Crippen molar-refractivity contribution >= 4 is 27.8 Å². The number of nitrogens with zero attached hydrogens (tertiary/aromatic N) is 4. The minimum absolute atomic E-state index is 0.307. The Balaban J connectivity index is 0.000000215. The summed E-state index contributed by atoms with van der Waals surface area (Å²) in [6.45, 7) is 7.01. The number of anilines is 1. The van der Waals surface area contributed by atoms with Crippen LogP contribution in [0.15, 0.2) is 53.0 Å². The third-order valence-corrected chi connectivity index (χ3v) is 6.99. The highest BCUT2D eigenvalue weighted by molar-refractivity contribution is 9.10. The molecule has 202 valence electrons. The number of methoxy groups -OCH3 is 1. The highest BCUT2D eigenvalue weighted by atomic mass is 79.9. The molecule has 3 aromatic rings. The highest BCUT2D eigenvalue weighted by Gasteiger charge is 2.30. The van der Waals surface area contributed by atoms with Gasteiger partial charge in [0.1, 0.15) is 0 Å². The van der Waals surface area contributed by atoms with E-state index in [1.807, 2.05) is 30.3 Å². The molecule has 2 heterocycles. The molecule has 2 aromatic carbocycles. The lowest BCUT2D eigenvalue weighted by atomic mass is 9.92. The van der Waals surface area contributed by atoms with Crippen LogP contribution in [0.3, 0.4) is 0 Å². The van der Waals surface area contributed by atoms with Crippen molar-refractivity contribution < 1.29 is 18.3 Å². The quantitative estimate of drug-likeness (QED) is 0.388. The van der Waals surface area contributed by atoms with E-state index in [9.17, 15) is 18.8 Å². The fraction of sp³-hybridized carbons (Fsp3) is 0.370. The highest BCUT2D eigenvalue weighted by Crippen LogP contribution is 2.36. The maximum absolute atomic E-state index is 13.1. The first-order valence-electron chi connectivity index (χ1n) is 12.1. The second-order valence-corrected chi connectivity index (χ2v) is 10.2. The summed E-state index contributed by atoms with van der Waals surface area (Å²) in [4.78, 5) is 13.5. The zero-order valence-electron chi connectivity index (χ0n) is 21.5. The van der Waals surface area contributed by atoms with Gasteiger partial charge in [0.05, 0.1) is 33.9 Å². The number of nitrogens with one attached hydrogen (secondary N) is 1. The van der Waals surface area contributed by atoms with Crippen LogP contribution in [0.4, 0.5) is 19.4 Å². The number of ether oxygens (including phenoxy) is 1. The predicted molar refractivity (Wildman–Crippen MR) is 145 cm³/mol. The molecule has 2 amide bonds. The number of likely N-dealkylation sites (tertiary alicyclic amines) is 1. The summed E-state index contributed by atoms with van der Waals surface area (Å²) in [5, 5.41) is 16.3. The van der Waals surface area contributed by atoms with Gasteiger partial charge in [-0.25, -0.2) is 18.3 Å². The minimum atomic E-state index is -0.813. The van der Waals surface area contributed by atoms with Gasteiger partial charge in [0, 0.05) is 20.2 Å². The van der Waals surface area contributed by atoms with Gasteiger partial charge in [-0.15, -0.1) is 0 Å². The number of hydrogen-bond acceptors (Lipinski definition) is 5. The first-order valence-corrected chi connectivity index (χ1v) is 12.8. The predicted octanol–water partition coefficient (Wildman–Crippen LogP) is 5.33. The van der Waals surface area contributed by atoms with Gasteiger partial charge in [0.15, 0.2) is 17.5 Å². The largest absolute Gasteiger partial charge is 0.383 e. The third kappa shape index (κ3) is 7.16. The lowest BCUT2D eigenvalue weighted by Gasteiger charge is -2.15. The fourth-order valence-electron chi connectivity index (χ4n) is 4.13. The van der Waals surface area contributed by atoms with Crippen LogP contribution in [0.1, 0.15) is 37.4 Å². The molecule has 1 atom stereocenters. The monoisotopic (exact) mass is 588 g/mol. The van der Waals surface area contributed by atoms with Gasteiger partial charge in [-0.1, -0.05) is 24.3 Å². The zero-order chi connectivity index (χ0) is 27.9. The number of primary amides is 1. The molecule has 1 fully saturated rings. The molecular weight excluding hydrogens is 558 g/mol. The third-order valence-electron chi connectivity index (χ3n) is 6.24. The van der Waals surface area contributed by atoms with Crippen LogP contribution in [0.25, 0.3) is 5.69 Å². The molecule has 0 aliphatic carbocycles. The van der Waals surface area contributed by atoms with Crippen molar-refractivity contribution in [3.05, 3.63) is 75.9 Å². The number of urea groups is 1. The Bertz CT molecular complexity index is 1290. The Hall–Kier alpha value is -3.33. The van der Waals surface area contributed by atoms with Gasteiger partial charge in [-0.05, 0) is 78.5 Å². The fourth-order valence-corrected chi connectivity index (χ4v) is 4.97. The number of amides is 2. The van der Waals surface area contributed by atoms with Crippen molar-refractivity contribution in [1.29, 1.82) is 5.26 Å². The van der Waals surface area contributed by atoms with Crippen LogP contribution in [0.5, 0.6) is 0 Å². The zero-order valence-corrected chi connectivity index (χ0v) is 23.1. The van der Waals surface area contributed by atoms with E-state index >= 15 is 0 Å². The van der Waals surface area contributed by atoms with E-state index in [1.54, 1.807) is 31.7 Å². The van der Waals surface area contributed by atoms with E-state index in [-0.39, 0.29) is 0 Å². The summed E-state index contributed by atoms with van der Waals surface area (Å²) in [6, 6.07) is 15.0. The maximum Gasteiger partial charge on any atom is 0.317 e. The van der Waals surface area contributed by atoms with Gasteiger partial charge in [0.25, 0.3) is 0 Å². The molecule has 1 aromatic heterocycles. The second kappa shape index (κ2) is 13.0. The maximum atomic E-state index is 13.1. The normalized spacial score (nSPS) is 15.4. The van der Waals surface area contributed by atoms with Crippen molar-refractivity contribution in [3.63, 3.8) is 0 Å². The molecule has 4 rings (SSSR count). The van der Waals surface area contributed by atoms with Crippen molar-refractivity contribution in [2.24, 2.45) is 5.73 Å². The minimum Gasteiger partial charge on any atom is -0.383 e. The lowest BCUT2D eigenvalue weighted by molar-refractivity contribution is 0.160. The summed E-state index contributed by atoms with van der Waals surface area (Å²) in [6.07, 6.45) is 0.995. The lowest BCUT2D eigenvalue weighted by Crippen LogP contribution is -2.24. The average Bonchev–Trinajstić information content (AvgIpc) is 3.50. The number of para-hydroxylation sites is 1. The smallest absolute Gasteiger partial charge is 0.317 e. The number of hydrogen-bond donors (Lipinski definition) is 2. The molecule has 3 N–H and O–H groups in total.